The van der Waals surface area contributed by atoms with Crippen LogP contribution in [0.25, 0.3) is 0 Å². The predicted molar refractivity (Wildman–Crippen MR) is 64.8 cm³/mol. The molecule has 0 fully saturated rings. The molecule has 2 N–H and O–H groups in total. The van der Waals surface area contributed by atoms with E-state index in [1.807, 2.05) is 6.92 Å². The van der Waals surface area contributed by atoms with Crippen molar-refractivity contribution in [2.24, 2.45) is 11.8 Å². The highest BCUT2D eigenvalue weighted by Crippen LogP contribution is 2.17. The van der Waals surface area contributed by atoms with Crippen LogP contribution in [0.2, 0.25) is 0 Å². The molecule has 15 heavy (non-hydrogen) atoms. The van der Waals surface area contributed by atoms with Gasteiger partial charge >= 0.3 is 0 Å². The Kier molecular flexibility index (Phi) is 5.88. The summed E-state index contributed by atoms with van der Waals surface area (Å²) in [6.45, 7) is 11.4. The zero-order valence-corrected chi connectivity index (χ0v) is 11.0. The largest absolute Gasteiger partial charge is 0.358 e. The van der Waals surface area contributed by atoms with Gasteiger partial charge in [0.25, 0.3) is 0 Å². The molecule has 0 spiro atoms. The normalized spacial score (nSPS) is 15.5. The average Bonchev–Trinajstić information content (AvgIpc) is 2.12. The second-order valence-electron chi connectivity index (χ2n) is 5.28. The van der Waals surface area contributed by atoms with Gasteiger partial charge in [0.15, 0.2) is 0 Å². The van der Waals surface area contributed by atoms with Crippen LogP contribution >= 0.6 is 0 Å². The van der Waals surface area contributed by atoms with Crippen LogP contribution in [0.4, 0.5) is 0 Å². The average molecular weight is 214 g/mol. The monoisotopic (exact) mass is 214 g/mol. The van der Waals surface area contributed by atoms with Gasteiger partial charge in [0, 0.05) is 7.05 Å². The minimum absolute atomic E-state index is 0.0804. The van der Waals surface area contributed by atoms with E-state index < -0.39 is 5.54 Å². The fraction of sp³-hybridized carbons (Fsp3) is 0.917. The number of carbonyl (C=O) groups is 1. The van der Waals surface area contributed by atoms with E-state index in [0.717, 1.165) is 13.0 Å². The molecule has 3 nitrogen and oxygen atoms in total. The lowest BCUT2D eigenvalue weighted by atomic mass is 9.89. The van der Waals surface area contributed by atoms with Crippen LogP contribution in [0.5, 0.6) is 0 Å². The Morgan fingerprint density at radius 3 is 2.07 bits per heavy atom. The molecular weight excluding hydrogens is 188 g/mol. The number of nitrogens with one attached hydrogen (secondary N) is 2. The summed E-state index contributed by atoms with van der Waals surface area (Å²) in [5, 5.41) is 6.10. The van der Waals surface area contributed by atoms with Gasteiger partial charge < -0.3 is 10.6 Å². The van der Waals surface area contributed by atoms with Gasteiger partial charge in [0.2, 0.25) is 5.91 Å². The van der Waals surface area contributed by atoms with E-state index in [2.05, 4.69) is 38.3 Å². The third kappa shape index (κ3) is 5.17. The van der Waals surface area contributed by atoms with Crippen molar-refractivity contribution in [2.75, 3.05) is 13.6 Å². The highest BCUT2D eigenvalue weighted by Gasteiger charge is 2.32. The molecule has 1 unspecified atom stereocenters. The topological polar surface area (TPSA) is 41.1 Å². The number of rotatable bonds is 6. The molecule has 0 saturated carbocycles. The third-order valence-electron chi connectivity index (χ3n) is 2.45. The molecular formula is C12H26N2O. The van der Waals surface area contributed by atoms with Crippen molar-refractivity contribution >= 4 is 5.91 Å². The minimum atomic E-state index is -0.437. The Morgan fingerprint density at radius 1 is 1.20 bits per heavy atom. The van der Waals surface area contributed by atoms with Crippen LogP contribution in [-0.2, 0) is 4.79 Å². The van der Waals surface area contributed by atoms with Crippen molar-refractivity contribution < 1.29 is 4.79 Å². The molecule has 3 heteroatoms. The zero-order chi connectivity index (χ0) is 12.1. The standard InChI is InChI=1S/C12H26N2O/c1-9(2)7-12(5,11(15)13-6)14-8-10(3)4/h9-10,14H,7-8H2,1-6H3,(H,13,15). The van der Waals surface area contributed by atoms with E-state index in [9.17, 15) is 4.79 Å². The molecule has 90 valence electrons. The highest BCUT2D eigenvalue weighted by molar-refractivity contribution is 5.85. The van der Waals surface area contributed by atoms with Crippen LogP contribution in [0.15, 0.2) is 0 Å². The van der Waals surface area contributed by atoms with Crippen molar-refractivity contribution in [2.45, 2.75) is 46.6 Å². The summed E-state index contributed by atoms with van der Waals surface area (Å²) in [5.74, 6) is 1.14. The van der Waals surface area contributed by atoms with Crippen molar-refractivity contribution in [1.29, 1.82) is 0 Å². The fourth-order valence-corrected chi connectivity index (χ4v) is 1.77. The molecule has 0 saturated heterocycles. The van der Waals surface area contributed by atoms with Gasteiger partial charge in [0.1, 0.15) is 0 Å². The Labute approximate surface area is 94.0 Å². The maximum absolute atomic E-state index is 11.8. The lowest BCUT2D eigenvalue weighted by Gasteiger charge is -2.31. The first-order chi connectivity index (χ1) is 6.81. The molecule has 1 amide bonds. The SMILES string of the molecule is CNC(=O)C(C)(CC(C)C)NCC(C)C. The Hall–Kier alpha value is -0.570. The zero-order valence-electron chi connectivity index (χ0n) is 11.0. The first-order valence-electron chi connectivity index (χ1n) is 5.79. The Morgan fingerprint density at radius 2 is 1.73 bits per heavy atom. The highest BCUT2D eigenvalue weighted by atomic mass is 16.2. The van der Waals surface area contributed by atoms with E-state index in [1.54, 1.807) is 7.05 Å². The van der Waals surface area contributed by atoms with E-state index in [1.165, 1.54) is 0 Å². The number of carbonyl (C=O) groups excluding carboxylic acids is 1. The molecule has 0 aromatic heterocycles. The van der Waals surface area contributed by atoms with Gasteiger partial charge in [-0.1, -0.05) is 27.7 Å². The van der Waals surface area contributed by atoms with E-state index in [-0.39, 0.29) is 5.91 Å². The van der Waals surface area contributed by atoms with Crippen molar-refractivity contribution in [3.8, 4) is 0 Å². The lowest BCUT2D eigenvalue weighted by Crippen LogP contribution is -2.55. The molecule has 0 rings (SSSR count). The van der Waals surface area contributed by atoms with Gasteiger partial charge in [-0.2, -0.15) is 0 Å². The smallest absolute Gasteiger partial charge is 0.239 e. The molecule has 0 bridgehead atoms. The number of amides is 1. The molecule has 0 radical (unpaired) electrons. The van der Waals surface area contributed by atoms with Crippen LogP contribution in [-0.4, -0.2) is 25.0 Å². The van der Waals surface area contributed by atoms with Crippen LogP contribution in [0.3, 0.4) is 0 Å². The summed E-state index contributed by atoms with van der Waals surface area (Å²) in [4.78, 5) is 11.8. The first kappa shape index (κ1) is 14.4. The van der Waals surface area contributed by atoms with Gasteiger partial charge in [-0.05, 0) is 31.7 Å². The maximum atomic E-state index is 11.8. The summed E-state index contributed by atoms with van der Waals surface area (Å²) >= 11 is 0. The van der Waals surface area contributed by atoms with Crippen molar-refractivity contribution in [3.05, 3.63) is 0 Å². The van der Waals surface area contributed by atoms with Gasteiger partial charge in [-0.25, -0.2) is 0 Å². The fourth-order valence-electron chi connectivity index (χ4n) is 1.77. The lowest BCUT2D eigenvalue weighted by molar-refractivity contribution is -0.127. The summed E-state index contributed by atoms with van der Waals surface area (Å²) in [5.41, 5.74) is -0.437. The van der Waals surface area contributed by atoms with Crippen LogP contribution in [0, 0.1) is 11.8 Å². The van der Waals surface area contributed by atoms with Gasteiger partial charge in [-0.3, -0.25) is 4.79 Å². The van der Waals surface area contributed by atoms with E-state index in [0.29, 0.717) is 11.8 Å². The second-order valence-corrected chi connectivity index (χ2v) is 5.28. The Balaban J connectivity index is 4.47. The number of hydrogen-bond acceptors (Lipinski definition) is 2. The van der Waals surface area contributed by atoms with E-state index in [4.69, 9.17) is 0 Å². The molecule has 0 aliphatic carbocycles. The predicted octanol–water partition coefficient (Wildman–Crippen LogP) is 1.78. The van der Waals surface area contributed by atoms with Crippen molar-refractivity contribution in [3.63, 3.8) is 0 Å². The minimum Gasteiger partial charge on any atom is -0.358 e. The van der Waals surface area contributed by atoms with Crippen molar-refractivity contribution in [1.82, 2.24) is 10.6 Å². The van der Waals surface area contributed by atoms with Gasteiger partial charge in [0.05, 0.1) is 5.54 Å². The summed E-state index contributed by atoms with van der Waals surface area (Å²) in [6.07, 6.45) is 0.861. The molecule has 0 aliphatic heterocycles. The van der Waals surface area contributed by atoms with Gasteiger partial charge in [-0.15, -0.1) is 0 Å². The van der Waals surface area contributed by atoms with Crippen LogP contribution < -0.4 is 10.6 Å². The quantitative estimate of drug-likeness (QED) is 0.707. The van der Waals surface area contributed by atoms with Crippen LogP contribution in [0.1, 0.15) is 41.0 Å². The summed E-state index contributed by atoms with van der Waals surface area (Å²) in [7, 11) is 1.69. The maximum Gasteiger partial charge on any atom is 0.239 e. The van der Waals surface area contributed by atoms with E-state index >= 15 is 0 Å². The number of likely N-dealkylation sites (N-methyl/N-ethyl adjacent to an activating group) is 1. The molecule has 0 aromatic carbocycles. The third-order valence-corrected chi connectivity index (χ3v) is 2.45. The summed E-state index contributed by atoms with van der Waals surface area (Å²) < 4.78 is 0. The Bertz CT molecular complexity index is 202. The second kappa shape index (κ2) is 6.11. The summed E-state index contributed by atoms with van der Waals surface area (Å²) in [6, 6.07) is 0. The molecule has 0 aromatic rings. The first-order valence-corrected chi connectivity index (χ1v) is 5.79. The molecule has 0 aliphatic rings. The molecule has 0 heterocycles. The molecule has 1 atom stereocenters. The number of hydrogen-bond donors (Lipinski definition) is 2.